The molecule has 1 saturated heterocycles. The molecule has 4 heteroatoms. The molecule has 1 aromatic heterocycles. The fraction of sp³-hybridized carbons (Fsp3) is 0.529. The number of hydrogen-bond acceptors (Lipinski definition) is 3. The topological polar surface area (TPSA) is 35.2 Å². The number of nitrogens with two attached hydrogens (primary N) is 1. The van der Waals surface area contributed by atoms with Gasteiger partial charge in [0.2, 0.25) is 0 Å². The summed E-state index contributed by atoms with van der Waals surface area (Å²) < 4.78 is 20.4. The SMILES string of the molecule is CC1(C)CC(C(N)c2cc3ccc(F)cc3s2)C(C)(C)O1. The summed E-state index contributed by atoms with van der Waals surface area (Å²) >= 11 is 1.59. The molecule has 1 aromatic carbocycles. The first-order valence-corrected chi connectivity index (χ1v) is 8.14. The molecule has 1 aliphatic heterocycles. The summed E-state index contributed by atoms with van der Waals surface area (Å²) in [5.41, 5.74) is 6.15. The molecule has 3 rings (SSSR count). The van der Waals surface area contributed by atoms with E-state index in [0.29, 0.717) is 0 Å². The van der Waals surface area contributed by atoms with Crippen molar-refractivity contribution in [1.29, 1.82) is 0 Å². The lowest BCUT2D eigenvalue weighted by molar-refractivity contribution is -0.0766. The van der Waals surface area contributed by atoms with Gasteiger partial charge >= 0.3 is 0 Å². The highest BCUT2D eigenvalue weighted by molar-refractivity contribution is 7.19. The number of benzene rings is 1. The van der Waals surface area contributed by atoms with Crippen molar-refractivity contribution in [1.82, 2.24) is 0 Å². The minimum atomic E-state index is -0.246. The van der Waals surface area contributed by atoms with E-state index in [9.17, 15) is 4.39 Å². The van der Waals surface area contributed by atoms with Crippen molar-refractivity contribution in [2.24, 2.45) is 11.7 Å². The average molecular weight is 307 g/mol. The van der Waals surface area contributed by atoms with Gasteiger partial charge in [-0.1, -0.05) is 6.07 Å². The second-order valence-corrected chi connectivity index (χ2v) is 8.25. The van der Waals surface area contributed by atoms with E-state index >= 15 is 0 Å². The number of halogens is 1. The lowest BCUT2D eigenvalue weighted by atomic mass is 9.81. The second kappa shape index (κ2) is 4.77. The Morgan fingerprint density at radius 1 is 1.29 bits per heavy atom. The largest absolute Gasteiger partial charge is 0.369 e. The van der Waals surface area contributed by atoms with Crippen LogP contribution in [0.1, 0.15) is 45.0 Å². The van der Waals surface area contributed by atoms with Crippen molar-refractivity contribution in [2.45, 2.75) is 51.4 Å². The first kappa shape index (κ1) is 14.9. The van der Waals surface area contributed by atoms with Gasteiger partial charge < -0.3 is 10.5 Å². The van der Waals surface area contributed by atoms with Crippen molar-refractivity contribution in [3.8, 4) is 0 Å². The van der Waals surface area contributed by atoms with E-state index in [1.807, 2.05) is 6.07 Å². The van der Waals surface area contributed by atoms with Crippen LogP contribution in [0.5, 0.6) is 0 Å². The molecule has 2 heterocycles. The second-order valence-electron chi connectivity index (χ2n) is 7.13. The molecule has 1 fully saturated rings. The molecule has 0 bridgehead atoms. The van der Waals surface area contributed by atoms with E-state index < -0.39 is 0 Å². The predicted molar refractivity (Wildman–Crippen MR) is 86.1 cm³/mol. The third-order valence-corrected chi connectivity index (χ3v) is 5.61. The maximum Gasteiger partial charge on any atom is 0.124 e. The lowest BCUT2D eigenvalue weighted by Crippen LogP contribution is -2.35. The Labute approximate surface area is 129 Å². The molecule has 2 aromatic rings. The van der Waals surface area contributed by atoms with Crippen LogP contribution >= 0.6 is 11.3 Å². The van der Waals surface area contributed by atoms with Crippen molar-refractivity contribution in [3.05, 3.63) is 35.0 Å². The molecule has 21 heavy (non-hydrogen) atoms. The Morgan fingerprint density at radius 2 is 2.00 bits per heavy atom. The average Bonchev–Trinajstić information content (AvgIpc) is 2.85. The Kier molecular flexibility index (Phi) is 3.39. The first-order chi connectivity index (χ1) is 9.68. The summed E-state index contributed by atoms with van der Waals surface area (Å²) in [6, 6.07) is 6.90. The van der Waals surface area contributed by atoms with Crippen LogP contribution in [-0.2, 0) is 4.74 Å². The summed E-state index contributed by atoms with van der Waals surface area (Å²) in [6.07, 6.45) is 0.934. The van der Waals surface area contributed by atoms with Crippen LogP contribution in [0.15, 0.2) is 24.3 Å². The molecule has 0 aliphatic carbocycles. The summed E-state index contributed by atoms with van der Waals surface area (Å²) in [5, 5.41) is 1.06. The van der Waals surface area contributed by atoms with Gasteiger partial charge in [0.1, 0.15) is 5.82 Å². The van der Waals surface area contributed by atoms with E-state index in [1.54, 1.807) is 17.4 Å². The zero-order valence-electron chi connectivity index (χ0n) is 12.9. The van der Waals surface area contributed by atoms with Gasteiger partial charge in [-0.15, -0.1) is 11.3 Å². The highest BCUT2D eigenvalue weighted by atomic mass is 32.1. The Balaban J connectivity index is 1.95. The number of hydrogen-bond donors (Lipinski definition) is 1. The number of thiophene rings is 1. The number of ether oxygens (including phenoxy) is 1. The number of rotatable bonds is 2. The number of fused-ring (bicyclic) bond motifs is 1. The van der Waals surface area contributed by atoms with Crippen LogP contribution < -0.4 is 5.73 Å². The molecule has 0 spiro atoms. The van der Waals surface area contributed by atoms with Crippen molar-refractivity contribution in [2.75, 3.05) is 0 Å². The maximum atomic E-state index is 13.3. The molecule has 114 valence electrons. The normalized spacial score (nSPS) is 25.3. The standard InChI is InChI=1S/C17H22FNOS/c1-16(2)9-12(17(3,4)20-16)15(19)14-7-10-5-6-11(18)8-13(10)21-14/h5-8,12,15H,9,19H2,1-4H3. The minimum absolute atomic E-state index is 0.0813. The van der Waals surface area contributed by atoms with E-state index in [4.69, 9.17) is 10.5 Å². The van der Waals surface area contributed by atoms with Gasteiger partial charge in [-0.25, -0.2) is 4.39 Å². The Morgan fingerprint density at radius 3 is 2.62 bits per heavy atom. The van der Waals surface area contributed by atoms with Crippen molar-refractivity contribution in [3.63, 3.8) is 0 Å². The van der Waals surface area contributed by atoms with Crippen LogP contribution in [0.25, 0.3) is 10.1 Å². The summed E-state index contributed by atoms with van der Waals surface area (Å²) in [5.74, 6) is 0.0561. The van der Waals surface area contributed by atoms with Crippen LogP contribution in [0.3, 0.4) is 0 Å². The minimum Gasteiger partial charge on any atom is -0.369 e. The first-order valence-electron chi connectivity index (χ1n) is 7.33. The summed E-state index contributed by atoms with van der Waals surface area (Å²) in [4.78, 5) is 1.11. The van der Waals surface area contributed by atoms with Gasteiger partial charge in [0.05, 0.1) is 11.2 Å². The molecular weight excluding hydrogens is 285 g/mol. The van der Waals surface area contributed by atoms with E-state index in [1.165, 1.54) is 6.07 Å². The molecule has 0 radical (unpaired) electrons. The highest BCUT2D eigenvalue weighted by Crippen LogP contribution is 2.48. The summed E-state index contributed by atoms with van der Waals surface area (Å²) in [7, 11) is 0. The maximum absolute atomic E-state index is 13.3. The highest BCUT2D eigenvalue weighted by Gasteiger charge is 2.48. The fourth-order valence-electron chi connectivity index (χ4n) is 3.55. The molecule has 2 nitrogen and oxygen atoms in total. The summed E-state index contributed by atoms with van der Waals surface area (Å²) in [6.45, 7) is 8.45. The van der Waals surface area contributed by atoms with Gasteiger partial charge in [-0.05, 0) is 57.7 Å². The molecule has 0 saturated carbocycles. The van der Waals surface area contributed by atoms with Crippen LogP contribution in [0.4, 0.5) is 4.39 Å². The molecule has 2 atom stereocenters. The van der Waals surface area contributed by atoms with Crippen LogP contribution in [0, 0.1) is 11.7 Å². The lowest BCUT2D eigenvalue weighted by Gasteiger charge is -2.30. The van der Waals surface area contributed by atoms with Gasteiger partial charge in [0, 0.05) is 21.5 Å². The predicted octanol–water partition coefficient (Wildman–Crippen LogP) is 4.63. The quantitative estimate of drug-likeness (QED) is 0.877. The molecule has 1 aliphatic rings. The van der Waals surface area contributed by atoms with Crippen LogP contribution in [-0.4, -0.2) is 11.2 Å². The van der Waals surface area contributed by atoms with Crippen LogP contribution in [0.2, 0.25) is 0 Å². The van der Waals surface area contributed by atoms with Gasteiger partial charge in [-0.3, -0.25) is 0 Å². The molecule has 0 amide bonds. The van der Waals surface area contributed by atoms with E-state index in [-0.39, 0.29) is 29.0 Å². The third kappa shape index (κ3) is 2.72. The van der Waals surface area contributed by atoms with Crippen molar-refractivity contribution < 1.29 is 9.13 Å². The van der Waals surface area contributed by atoms with Gasteiger partial charge in [0.15, 0.2) is 0 Å². The Bertz CT molecular complexity index is 676. The third-order valence-electron chi connectivity index (χ3n) is 4.41. The molecule has 2 unspecified atom stereocenters. The van der Waals surface area contributed by atoms with E-state index in [0.717, 1.165) is 21.4 Å². The smallest absolute Gasteiger partial charge is 0.124 e. The zero-order valence-corrected chi connectivity index (χ0v) is 13.8. The van der Waals surface area contributed by atoms with Gasteiger partial charge in [0.25, 0.3) is 0 Å². The molecule has 2 N–H and O–H groups in total. The fourth-order valence-corrected chi connectivity index (χ4v) is 4.71. The zero-order chi connectivity index (χ0) is 15.4. The van der Waals surface area contributed by atoms with Crippen molar-refractivity contribution >= 4 is 21.4 Å². The Hall–Kier alpha value is -0.970. The van der Waals surface area contributed by atoms with E-state index in [2.05, 4.69) is 33.8 Å². The molecular formula is C17H22FNOS. The monoisotopic (exact) mass is 307 g/mol. The van der Waals surface area contributed by atoms with Gasteiger partial charge in [-0.2, -0.15) is 0 Å².